The molecular formula is C22H28B2Cl2O4. The molecule has 2 heterocycles. The monoisotopic (exact) mass is 448 g/mol. The molecule has 0 unspecified atom stereocenters. The average Bonchev–Trinajstić information content (AvgIpc) is 2.92. The molecule has 2 fully saturated rings. The maximum Gasteiger partial charge on any atom is 0.495 e. The molecule has 0 aliphatic carbocycles. The molecule has 2 aliphatic rings. The van der Waals surface area contributed by atoms with E-state index in [1.165, 1.54) is 0 Å². The largest absolute Gasteiger partial charge is 0.495 e. The van der Waals surface area contributed by atoms with Crippen LogP contribution in [0, 0.1) is 0 Å². The number of halogens is 2. The van der Waals surface area contributed by atoms with Crippen LogP contribution in [0.3, 0.4) is 0 Å². The highest BCUT2D eigenvalue weighted by molar-refractivity contribution is 6.71. The molecule has 160 valence electrons. The van der Waals surface area contributed by atoms with E-state index in [2.05, 4.69) is 0 Å². The van der Waals surface area contributed by atoms with E-state index in [-0.39, 0.29) is 0 Å². The van der Waals surface area contributed by atoms with E-state index in [9.17, 15) is 0 Å². The molecule has 2 aromatic rings. The van der Waals surface area contributed by atoms with Crippen LogP contribution in [0.15, 0.2) is 24.3 Å². The van der Waals surface area contributed by atoms with Gasteiger partial charge in [-0.1, -0.05) is 23.2 Å². The Hall–Kier alpha value is -0.750. The van der Waals surface area contributed by atoms with Crippen molar-refractivity contribution in [3.8, 4) is 0 Å². The summed E-state index contributed by atoms with van der Waals surface area (Å²) < 4.78 is 25.4. The average molecular weight is 449 g/mol. The molecule has 0 amide bonds. The first-order chi connectivity index (χ1) is 13.6. The van der Waals surface area contributed by atoms with E-state index in [0.717, 1.165) is 21.7 Å². The molecule has 0 spiro atoms. The summed E-state index contributed by atoms with van der Waals surface area (Å²) in [5.74, 6) is 0. The van der Waals surface area contributed by atoms with Crippen LogP contribution >= 0.6 is 23.2 Å². The number of fused-ring (bicyclic) bond motifs is 1. The zero-order chi connectivity index (χ0) is 22.3. The lowest BCUT2D eigenvalue weighted by Gasteiger charge is -2.32. The molecule has 4 rings (SSSR count). The Balaban J connectivity index is 1.91. The summed E-state index contributed by atoms with van der Waals surface area (Å²) in [6, 6.07) is 7.59. The quantitative estimate of drug-likeness (QED) is 0.621. The van der Waals surface area contributed by atoms with Gasteiger partial charge in [0.25, 0.3) is 0 Å². The van der Waals surface area contributed by atoms with Crippen molar-refractivity contribution < 1.29 is 18.6 Å². The van der Waals surface area contributed by atoms with E-state index in [1.807, 2.05) is 79.7 Å². The fraction of sp³-hybridized carbons (Fsp3) is 0.545. The minimum Gasteiger partial charge on any atom is -0.399 e. The molecule has 0 aromatic heterocycles. The van der Waals surface area contributed by atoms with Gasteiger partial charge >= 0.3 is 14.2 Å². The predicted molar refractivity (Wildman–Crippen MR) is 125 cm³/mol. The summed E-state index contributed by atoms with van der Waals surface area (Å²) in [7, 11) is -1.14. The molecule has 0 N–H and O–H groups in total. The highest BCUT2D eigenvalue weighted by Crippen LogP contribution is 2.39. The zero-order valence-corrected chi connectivity index (χ0v) is 20.4. The predicted octanol–water partition coefficient (Wildman–Crippen LogP) is 4.75. The molecule has 8 heteroatoms. The van der Waals surface area contributed by atoms with Gasteiger partial charge in [0.2, 0.25) is 0 Å². The van der Waals surface area contributed by atoms with Gasteiger partial charge < -0.3 is 18.6 Å². The molecule has 4 nitrogen and oxygen atoms in total. The molecule has 2 aliphatic heterocycles. The molecule has 0 radical (unpaired) electrons. The van der Waals surface area contributed by atoms with Crippen LogP contribution in [0.25, 0.3) is 10.8 Å². The van der Waals surface area contributed by atoms with Gasteiger partial charge in [0.05, 0.1) is 22.4 Å². The third-order valence-corrected chi connectivity index (χ3v) is 7.49. The Labute approximate surface area is 189 Å². The first-order valence-electron chi connectivity index (χ1n) is 10.3. The minimum atomic E-state index is -0.571. The van der Waals surface area contributed by atoms with Gasteiger partial charge in [-0.15, -0.1) is 0 Å². The van der Waals surface area contributed by atoms with Crippen LogP contribution < -0.4 is 10.9 Å². The van der Waals surface area contributed by atoms with Gasteiger partial charge in [0, 0.05) is 10.0 Å². The van der Waals surface area contributed by atoms with Gasteiger partial charge in [0.15, 0.2) is 0 Å². The summed E-state index contributed by atoms with van der Waals surface area (Å²) in [4.78, 5) is 0. The zero-order valence-electron chi connectivity index (χ0n) is 18.9. The molecular weight excluding hydrogens is 421 g/mol. The lowest BCUT2D eigenvalue weighted by atomic mass is 9.68. The Kier molecular flexibility index (Phi) is 5.14. The van der Waals surface area contributed by atoms with Crippen molar-refractivity contribution in [1.29, 1.82) is 0 Å². The van der Waals surface area contributed by atoms with E-state index in [4.69, 9.17) is 41.8 Å². The summed E-state index contributed by atoms with van der Waals surface area (Å²) in [5.41, 5.74) is -0.186. The van der Waals surface area contributed by atoms with Gasteiger partial charge in [-0.2, -0.15) is 0 Å². The van der Waals surface area contributed by atoms with Crippen molar-refractivity contribution in [1.82, 2.24) is 0 Å². The normalized spacial score (nSPS) is 24.1. The second kappa shape index (κ2) is 6.87. The summed E-state index contributed by atoms with van der Waals surface area (Å²) in [5, 5.41) is 3.01. The lowest BCUT2D eigenvalue weighted by Crippen LogP contribution is -2.41. The molecule has 30 heavy (non-hydrogen) atoms. The van der Waals surface area contributed by atoms with Gasteiger partial charge in [-0.25, -0.2) is 0 Å². The maximum absolute atomic E-state index is 6.48. The van der Waals surface area contributed by atoms with Gasteiger partial charge in [-0.3, -0.25) is 0 Å². The third kappa shape index (κ3) is 3.50. The molecule has 2 aromatic carbocycles. The maximum atomic E-state index is 6.48. The Morgan fingerprint density at radius 2 is 0.867 bits per heavy atom. The number of hydrogen-bond donors (Lipinski definition) is 0. The highest BCUT2D eigenvalue weighted by Gasteiger charge is 2.54. The van der Waals surface area contributed by atoms with Crippen molar-refractivity contribution in [2.24, 2.45) is 0 Å². The summed E-state index contributed by atoms with van der Waals surface area (Å²) in [6.45, 7) is 16.3. The first kappa shape index (κ1) is 22.4. The third-order valence-electron chi connectivity index (χ3n) is 7.05. The van der Waals surface area contributed by atoms with Crippen LogP contribution in [0.5, 0.6) is 0 Å². The van der Waals surface area contributed by atoms with Crippen molar-refractivity contribution in [2.75, 3.05) is 0 Å². The topological polar surface area (TPSA) is 36.9 Å². The molecule has 2 saturated heterocycles. The number of rotatable bonds is 2. The number of benzene rings is 2. The number of hydrogen-bond acceptors (Lipinski definition) is 4. The van der Waals surface area contributed by atoms with E-state index in [0.29, 0.717) is 10.0 Å². The SMILES string of the molecule is CC1(C)OB(c2cc(Cl)cc3cc(Cl)cc(B4OC(C)(C)C(C)(C)O4)c23)OC1(C)C. The van der Waals surface area contributed by atoms with Crippen LogP contribution in [0.4, 0.5) is 0 Å². The minimum absolute atomic E-state index is 0.469. The van der Waals surface area contributed by atoms with Crippen LogP contribution in [0.1, 0.15) is 55.4 Å². The molecule has 0 bridgehead atoms. The van der Waals surface area contributed by atoms with Crippen molar-refractivity contribution in [3.05, 3.63) is 34.3 Å². The van der Waals surface area contributed by atoms with E-state index in [1.54, 1.807) is 0 Å². The van der Waals surface area contributed by atoms with Crippen LogP contribution in [-0.4, -0.2) is 36.6 Å². The second-order valence-corrected chi connectivity index (χ2v) is 11.1. The summed E-state index contributed by atoms with van der Waals surface area (Å²) >= 11 is 13.0. The fourth-order valence-corrected chi connectivity index (χ4v) is 4.29. The second-order valence-electron chi connectivity index (χ2n) is 10.3. The Bertz CT molecular complexity index is 911. The Morgan fingerprint density at radius 3 is 1.17 bits per heavy atom. The Morgan fingerprint density at radius 1 is 0.567 bits per heavy atom. The standard InChI is InChI=1S/C22H28B2Cl2O4/c1-19(2)20(3,4)28-23(27-19)16-11-14(25)9-13-10-15(26)12-17(18(13)16)24-29-21(5,6)22(7,8)30-24/h9-12H,1-8H3. The lowest BCUT2D eigenvalue weighted by molar-refractivity contribution is 0.00578. The molecule has 0 saturated carbocycles. The van der Waals surface area contributed by atoms with E-state index < -0.39 is 36.6 Å². The summed E-state index contributed by atoms with van der Waals surface area (Å²) in [6.07, 6.45) is 0. The van der Waals surface area contributed by atoms with E-state index >= 15 is 0 Å². The fourth-order valence-electron chi connectivity index (χ4n) is 3.82. The van der Waals surface area contributed by atoms with Crippen molar-refractivity contribution in [2.45, 2.75) is 77.8 Å². The van der Waals surface area contributed by atoms with Gasteiger partial charge in [0.1, 0.15) is 0 Å². The van der Waals surface area contributed by atoms with Gasteiger partial charge in [-0.05, 0) is 101 Å². The first-order valence-corrected chi connectivity index (χ1v) is 11.0. The molecule has 0 atom stereocenters. The smallest absolute Gasteiger partial charge is 0.399 e. The van der Waals surface area contributed by atoms with Crippen molar-refractivity contribution >= 4 is 59.1 Å². The highest BCUT2D eigenvalue weighted by atomic mass is 35.5. The van der Waals surface area contributed by atoms with Crippen LogP contribution in [0.2, 0.25) is 10.0 Å². The van der Waals surface area contributed by atoms with Crippen LogP contribution in [-0.2, 0) is 18.6 Å². The van der Waals surface area contributed by atoms with Crippen molar-refractivity contribution in [3.63, 3.8) is 0 Å².